The summed E-state index contributed by atoms with van der Waals surface area (Å²) in [5.41, 5.74) is 0.477. The zero-order valence-corrected chi connectivity index (χ0v) is 9.33. The molecular formula is C10H18N2O2. The molecule has 1 fully saturated rings. The average Bonchev–Trinajstić information content (AvgIpc) is 1.96. The van der Waals surface area contributed by atoms with Gasteiger partial charge in [0.2, 0.25) is 0 Å². The fourth-order valence-corrected chi connectivity index (χ4v) is 2.48. The highest BCUT2D eigenvalue weighted by molar-refractivity contribution is 5.94. The molecule has 0 amide bonds. The minimum Gasteiger partial charge on any atom is -0.233 e. The summed E-state index contributed by atoms with van der Waals surface area (Å²) < 4.78 is 0. The summed E-state index contributed by atoms with van der Waals surface area (Å²) >= 11 is 0. The van der Waals surface area contributed by atoms with Crippen LogP contribution in [0.15, 0.2) is 5.10 Å². The van der Waals surface area contributed by atoms with E-state index >= 15 is 0 Å². The first kappa shape index (κ1) is 11.1. The Bertz CT molecular complexity index is 262. The van der Waals surface area contributed by atoms with E-state index in [1.165, 1.54) is 0 Å². The van der Waals surface area contributed by atoms with Crippen LogP contribution in [-0.4, -0.2) is 10.7 Å². The van der Waals surface area contributed by atoms with E-state index < -0.39 is 5.03 Å². The van der Waals surface area contributed by atoms with Crippen LogP contribution in [0, 0.1) is 20.9 Å². The third kappa shape index (κ3) is 2.11. The number of hydrogen-bond donors (Lipinski definition) is 0. The fourth-order valence-electron chi connectivity index (χ4n) is 2.48. The van der Waals surface area contributed by atoms with Crippen molar-refractivity contribution in [2.45, 2.75) is 47.0 Å². The van der Waals surface area contributed by atoms with Gasteiger partial charge in [0.15, 0.2) is 5.03 Å². The van der Waals surface area contributed by atoms with Gasteiger partial charge in [0.25, 0.3) is 0 Å². The van der Waals surface area contributed by atoms with E-state index in [9.17, 15) is 10.1 Å². The molecule has 0 aliphatic heterocycles. The Morgan fingerprint density at radius 2 is 1.64 bits per heavy atom. The van der Waals surface area contributed by atoms with Crippen molar-refractivity contribution < 1.29 is 5.03 Å². The highest BCUT2D eigenvalue weighted by atomic mass is 16.7. The van der Waals surface area contributed by atoms with Crippen molar-refractivity contribution in [3.8, 4) is 0 Å². The van der Waals surface area contributed by atoms with E-state index in [0.29, 0.717) is 0 Å². The zero-order chi connectivity index (χ0) is 11.0. The summed E-state index contributed by atoms with van der Waals surface area (Å²) in [4.78, 5) is 10.5. The van der Waals surface area contributed by atoms with E-state index in [1.54, 1.807) is 0 Å². The normalized spacial score (nSPS) is 24.4. The van der Waals surface area contributed by atoms with Crippen molar-refractivity contribution in [2.75, 3.05) is 0 Å². The van der Waals surface area contributed by atoms with E-state index in [1.807, 2.05) is 27.7 Å². The topological polar surface area (TPSA) is 55.5 Å². The van der Waals surface area contributed by atoms with Gasteiger partial charge >= 0.3 is 0 Å². The molecule has 4 nitrogen and oxygen atoms in total. The summed E-state index contributed by atoms with van der Waals surface area (Å²) in [6.45, 7) is 8.15. The molecular weight excluding hydrogens is 180 g/mol. The van der Waals surface area contributed by atoms with Crippen molar-refractivity contribution in [3.63, 3.8) is 0 Å². The number of nitrogens with zero attached hydrogens (tertiary/aromatic N) is 2. The molecule has 0 aromatic carbocycles. The first-order valence-corrected chi connectivity index (χ1v) is 5.00. The molecule has 14 heavy (non-hydrogen) atoms. The molecule has 0 radical (unpaired) electrons. The summed E-state index contributed by atoms with van der Waals surface area (Å²) in [5, 5.41) is 13.5. The molecule has 80 valence electrons. The molecule has 0 aromatic rings. The van der Waals surface area contributed by atoms with Crippen molar-refractivity contribution in [3.05, 3.63) is 10.1 Å². The molecule has 0 heterocycles. The summed E-state index contributed by atoms with van der Waals surface area (Å²) in [6.07, 6.45) is 3.10. The lowest BCUT2D eigenvalue weighted by molar-refractivity contribution is -0.486. The maximum absolute atomic E-state index is 10.5. The first-order chi connectivity index (χ1) is 6.26. The maximum Gasteiger partial charge on any atom is 0.190 e. The van der Waals surface area contributed by atoms with Crippen molar-refractivity contribution in [1.82, 2.24) is 0 Å². The molecule has 1 rings (SSSR count). The highest BCUT2D eigenvalue weighted by Crippen LogP contribution is 2.43. The number of hydrogen-bond acceptors (Lipinski definition) is 2. The summed E-state index contributed by atoms with van der Waals surface area (Å²) in [5.74, 6) is 0. The standard InChI is InChI=1S/C10H18N2O2/c1-9(2)6-5-7-10(3,4)8(9)11-12(13)14/h5-7H2,1-4H3. The Balaban J connectivity index is 3.10. The minimum atomic E-state index is -0.565. The van der Waals surface area contributed by atoms with Crippen LogP contribution in [0.3, 0.4) is 0 Å². The van der Waals surface area contributed by atoms with Crippen molar-refractivity contribution in [1.29, 1.82) is 0 Å². The van der Waals surface area contributed by atoms with E-state index in [4.69, 9.17) is 0 Å². The maximum atomic E-state index is 10.5. The van der Waals surface area contributed by atoms with Gasteiger partial charge in [-0.05, 0) is 12.8 Å². The Morgan fingerprint density at radius 1 is 1.21 bits per heavy atom. The fraction of sp³-hybridized carbons (Fsp3) is 0.900. The van der Waals surface area contributed by atoms with Crippen LogP contribution in [0.4, 0.5) is 0 Å². The van der Waals surface area contributed by atoms with Crippen LogP contribution in [0.1, 0.15) is 47.0 Å². The van der Waals surface area contributed by atoms with Crippen molar-refractivity contribution >= 4 is 5.71 Å². The second-order valence-corrected chi connectivity index (χ2v) is 5.31. The van der Waals surface area contributed by atoms with Gasteiger partial charge in [-0.2, -0.15) is 0 Å². The van der Waals surface area contributed by atoms with E-state index in [0.717, 1.165) is 25.0 Å². The lowest BCUT2D eigenvalue weighted by Crippen LogP contribution is -2.41. The zero-order valence-electron chi connectivity index (χ0n) is 9.33. The van der Waals surface area contributed by atoms with Gasteiger partial charge in [-0.25, -0.2) is 10.1 Å². The van der Waals surface area contributed by atoms with Crippen LogP contribution >= 0.6 is 0 Å². The van der Waals surface area contributed by atoms with E-state index in [2.05, 4.69) is 5.10 Å². The van der Waals surface area contributed by atoms with Gasteiger partial charge < -0.3 is 0 Å². The molecule has 1 saturated carbocycles. The van der Waals surface area contributed by atoms with Crippen molar-refractivity contribution in [2.24, 2.45) is 15.9 Å². The van der Waals surface area contributed by atoms with Crippen LogP contribution in [0.5, 0.6) is 0 Å². The predicted molar refractivity (Wildman–Crippen MR) is 55.8 cm³/mol. The molecule has 0 atom stereocenters. The smallest absolute Gasteiger partial charge is 0.190 e. The molecule has 4 heteroatoms. The van der Waals surface area contributed by atoms with Gasteiger partial charge in [-0.15, -0.1) is 0 Å². The second-order valence-electron chi connectivity index (χ2n) is 5.31. The molecule has 0 bridgehead atoms. The highest BCUT2D eigenvalue weighted by Gasteiger charge is 2.42. The van der Waals surface area contributed by atoms with Crippen LogP contribution in [0.25, 0.3) is 0 Å². The SMILES string of the molecule is CC1(C)CCCC(C)(C)C1=N[N+](=O)[O-]. The number of nitro groups is 1. The van der Waals surface area contributed by atoms with Crippen LogP contribution in [0.2, 0.25) is 0 Å². The summed E-state index contributed by atoms with van der Waals surface area (Å²) in [6, 6.07) is 0. The molecule has 1 aliphatic carbocycles. The monoisotopic (exact) mass is 198 g/mol. The first-order valence-electron chi connectivity index (χ1n) is 5.00. The second kappa shape index (κ2) is 3.33. The van der Waals surface area contributed by atoms with E-state index in [-0.39, 0.29) is 10.8 Å². The van der Waals surface area contributed by atoms with Gasteiger partial charge in [0.1, 0.15) is 5.71 Å². The summed E-state index contributed by atoms with van der Waals surface area (Å²) in [7, 11) is 0. The Kier molecular flexibility index (Phi) is 2.65. The van der Waals surface area contributed by atoms with Crippen LogP contribution < -0.4 is 0 Å². The molecule has 0 unspecified atom stereocenters. The predicted octanol–water partition coefficient (Wildman–Crippen LogP) is 2.86. The number of rotatable bonds is 1. The quantitative estimate of drug-likeness (QED) is 0.480. The van der Waals surface area contributed by atoms with Gasteiger partial charge in [0.05, 0.1) is 5.10 Å². The molecule has 0 N–H and O–H groups in total. The van der Waals surface area contributed by atoms with Gasteiger partial charge in [-0.1, -0.05) is 34.1 Å². The average molecular weight is 198 g/mol. The lowest BCUT2D eigenvalue weighted by Gasteiger charge is -2.40. The molecule has 0 saturated heterocycles. The molecule has 0 spiro atoms. The largest absolute Gasteiger partial charge is 0.233 e. The lowest BCUT2D eigenvalue weighted by atomic mass is 9.63. The van der Waals surface area contributed by atoms with Crippen LogP contribution in [-0.2, 0) is 0 Å². The third-order valence-corrected chi connectivity index (χ3v) is 3.07. The minimum absolute atomic E-state index is 0.130. The third-order valence-electron chi connectivity index (χ3n) is 3.07. The Morgan fingerprint density at radius 3 is 2.00 bits per heavy atom. The number of hydrazone groups is 1. The van der Waals surface area contributed by atoms with Gasteiger partial charge in [-0.3, -0.25) is 0 Å². The Hall–Kier alpha value is -0.930. The molecule has 0 aromatic heterocycles. The van der Waals surface area contributed by atoms with Gasteiger partial charge in [0, 0.05) is 10.8 Å². The molecule has 1 aliphatic rings. The Labute approximate surface area is 84.5 Å².